The third-order valence-electron chi connectivity index (χ3n) is 3.39. The van der Waals surface area contributed by atoms with E-state index in [0.29, 0.717) is 0 Å². The van der Waals surface area contributed by atoms with E-state index in [1.54, 1.807) is 0 Å². The Labute approximate surface area is 124 Å². The Morgan fingerprint density at radius 2 is 2.05 bits per heavy atom. The number of rotatable bonds is 4. The summed E-state index contributed by atoms with van der Waals surface area (Å²) in [6, 6.07) is 1.32. The predicted octanol–water partition coefficient (Wildman–Crippen LogP) is -4.31. The molecule has 0 amide bonds. The zero-order valence-corrected chi connectivity index (χ0v) is 11.4. The molecule has 1 unspecified atom stereocenters. The first-order valence-corrected chi connectivity index (χ1v) is 6.39. The number of aliphatic hydroxyl groups excluding tert-OH is 5. The van der Waals surface area contributed by atoms with Crippen molar-refractivity contribution >= 4 is 5.82 Å². The van der Waals surface area contributed by atoms with Gasteiger partial charge in [-0.05, 0) is 6.07 Å². The Kier molecular flexibility index (Phi) is 4.77. The maximum atomic E-state index is 11.5. The summed E-state index contributed by atoms with van der Waals surface area (Å²) < 4.78 is 6.10. The van der Waals surface area contributed by atoms with E-state index < -0.39 is 49.3 Å². The molecule has 1 aromatic heterocycles. The third-order valence-corrected chi connectivity index (χ3v) is 3.39. The van der Waals surface area contributed by atoms with Crippen LogP contribution in [0.1, 0.15) is 0 Å². The lowest BCUT2D eigenvalue weighted by Crippen LogP contribution is -2.71. The minimum absolute atomic E-state index is 0.0115. The van der Waals surface area contributed by atoms with Gasteiger partial charge in [-0.1, -0.05) is 0 Å². The van der Waals surface area contributed by atoms with Gasteiger partial charge in [-0.25, -0.2) is 4.79 Å². The minimum atomic E-state index is -1.99. The van der Waals surface area contributed by atoms with E-state index in [2.05, 4.69) is 10.3 Å². The highest BCUT2D eigenvalue weighted by Gasteiger charge is 2.51. The van der Waals surface area contributed by atoms with Gasteiger partial charge in [-0.2, -0.15) is 4.98 Å². The molecule has 0 saturated carbocycles. The fourth-order valence-electron chi connectivity index (χ4n) is 2.04. The number of hydrogen-bond acceptors (Lipinski definition) is 10. The van der Waals surface area contributed by atoms with Crippen LogP contribution in [0.15, 0.2) is 17.1 Å². The fourth-order valence-corrected chi connectivity index (χ4v) is 2.04. The normalized spacial score (nSPS) is 35.4. The lowest BCUT2D eigenvalue weighted by atomic mass is 9.94. The Morgan fingerprint density at radius 1 is 1.36 bits per heavy atom. The van der Waals surface area contributed by atoms with Crippen LogP contribution in [0.3, 0.4) is 0 Å². The number of nitrogens with one attached hydrogen (secondary N) is 1. The number of aromatic nitrogens is 2. The maximum Gasteiger partial charge on any atom is 0.351 e. The summed E-state index contributed by atoms with van der Waals surface area (Å²) in [5.41, 5.74) is 2.88. The SMILES string of the molecule is N[C@]1(CO)OC(Nc2ccn(CO)c(=O)n2)[C@H](O)[C@@H](O)[C@@H]1O. The molecule has 0 aliphatic carbocycles. The Bertz CT molecular complexity index is 582. The first-order chi connectivity index (χ1) is 10.3. The first-order valence-electron chi connectivity index (χ1n) is 6.39. The van der Waals surface area contributed by atoms with Gasteiger partial charge >= 0.3 is 5.69 Å². The molecule has 11 nitrogen and oxygen atoms in total. The topological polar surface area (TPSA) is 183 Å². The highest BCUT2D eigenvalue weighted by molar-refractivity contribution is 5.33. The van der Waals surface area contributed by atoms with E-state index in [0.717, 1.165) is 4.57 Å². The summed E-state index contributed by atoms with van der Waals surface area (Å²) in [5.74, 6) is -0.0115. The molecule has 22 heavy (non-hydrogen) atoms. The zero-order valence-electron chi connectivity index (χ0n) is 11.4. The Balaban J connectivity index is 2.21. The maximum absolute atomic E-state index is 11.5. The van der Waals surface area contributed by atoms with Gasteiger partial charge in [0.15, 0.2) is 12.0 Å². The van der Waals surface area contributed by atoms with Gasteiger partial charge < -0.3 is 35.6 Å². The lowest BCUT2D eigenvalue weighted by Gasteiger charge is -2.45. The number of nitrogens with two attached hydrogens (primary N) is 1. The van der Waals surface area contributed by atoms with E-state index in [4.69, 9.17) is 15.6 Å². The van der Waals surface area contributed by atoms with E-state index in [1.807, 2.05) is 0 Å². The second-order valence-electron chi connectivity index (χ2n) is 4.93. The van der Waals surface area contributed by atoms with E-state index in [1.165, 1.54) is 12.3 Å². The molecule has 1 aliphatic rings. The van der Waals surface area contributed by atoms with Crippen molar-refractivity contribution in [3.05, 3.63) is 22.7 Å². The van der Waals surface area contributed by atoms with Gasteiger partial charge in [0.25, 0.3) is 0 Å². The molecule has 1 saturated heterocycles. The number of ether oxygens (including phenoxy) is 1. The van der Waals surface area contributed by atoms with Gasteiger partial charge in [0.1, 0.15) is 30.9 Å². The smallest absolute Gasteiger partial charge is 0.351 e. The standard InChI is InChI=1S/C11H18N4O7/c12-11(3-16)8(20)6(18)7(19)9(22-11)13-5-1-2-15(4-17)10(21)14-5/h1-2,6-9,16-20H,3-4,12H2,(H,13,14,21)/t6-,7-,8+,9?,11-/m1/s1. The number of aliphatic hydroxyl groups is 5. The highest BCUT2D eigenvalue weighted by Crippen LogP contribution is 2.26. The number of anilines is 1. The van der Waals surface area contributed by atoms with Crippen molar-refractivity contribution in [1.82, 2.24) is 9.55 Å². The van der Waals surface area contributed by atoms with Crippen molar-refractivity contribution in [1.29, 1.82) is 0 Å². The average Bonchev–Trinajstić information content (AvgIpc) is 2.51. The minimum Gasteiger partial charge on any atom is -0.392 e. The molecular formula is C11H18N4O7. The Morgan fingerprint density at radius 3 is 2.59 bits per heavy atom. The van der Waals surface area contributed by atoms with Crippen LogP contribution in [0, 0.1) is 0 Å². The second kappa shape index (κ2) is 6.26. The van der Waals surface area contributed by atoms with Crippen LogP contribution < -0.4 is 16.7 Å². The molecule has 5 atom stereocenters. The molecule has 1 fully saturated rings. The molecule has 2 heterocycles. The summed E-state index contributed by atoms with van der Waals surface area (Å²) in [6.45, 7) is -1.36. The average molecular weight is 318 g/mol. The predicted molar refractivity (Wildman–Crippen MR) is 71.2 cm³/mol. The van der Waals surface area contributed by atoms with Crippen LogP contribution in [0.2, 0.25) is 0 Å². The number of nitrogens with zero attached hydrogens (tertiary/aromatic N) is 2. The van der Waals surface area contributed by atoms with Crippen LogP contribution in [0.4, 0.5) is 5.82 Å². The van der Waals surface area contributed by atoms with E-state index in [9.17, 15) is 25.2 Å². The van der Waals surface area contributed by atoms with Gasteiger partial charge in [-0.3, -0.25) is 10.3 Å². The summed E-state index contributed by atoms with van der Waals surface area (Å²) in [6.07, 6.45) is -5.05. The van der Waals surface area contributed by atoms with Crippen molar-refractivity contribution < 1.29 is 30.3 Å². The summed E-state index contributed by atoms with van der Waals surface area (Å²) in [4.78, 5) is 15.1. The van der Waals surface area contributed by atoms with Crippen LogP contribution in [-0.4, -0.2) is 72.0 Å². The largest absolute Gasteiger partial charge is 0.392 e. The summed E-state index contributed by atoms with van der Waals surface area (Å²) >= 11 is 0. The molecule has 8 N–H and O–H groups in total. The summed E-state index contributed by atoms with van der Waals surface area (Å²) in [5, 5.41) is 50.0. The van der Waals surface area contributed by atoms with Crippen molar-refractivity contribution in [2.24, 2.45) is 5.73 Å². The molecule has 1 aromatic rings. The van der Waals surface area contributed by atoms with Crippen molar-refractivity contribution in [2.45, 2.75) is 37.0 Å². The summed E-state index contributed by atoms with van der Waals surface area (Å²) in [7, 11) is 0. The molecule has 11 heteroatoms. The van der Waals surface area contributed by atoms with E-state index >= 15 is 0 Å². The van der Waals surface area contributed by atoms with Crippen molar-refractivity contribution in [3.63, 3.8) is 0 Å². The monoisotopic (exact) mass is 318 g/mol. The van der Waals surface area contributed by atoms with Gasteiger partial charge in [0, 0.05) is 6.20 Å². The quantitative estimate of drug-likeness (QED) is 0.286. The molecular weight excluding hydrogens is 300 g/mol. The van der Waals surface area contributed by atoms with Crippen LogP contribution in [0.25, 0.3) is 0 Å². The van der Waals surface area contributed by atoms with Crippen LogP contribution in [-0.2, 0) is 11.5 Å². The van der Waals surface area contributed by atoms with Crippen molar-refractivity contribution in [3.8, 4) is 0 Å². The van der Waals surface area contributed by atoms with Crippen LogP contribution >= 0.6 is 0 Å². The van der Waals surface area contributed by atoms with E-state index in [-0.39, 0.29) is 5.82 Å². The first kappa shape index (κ1) is 16.8. The van der Waals surface area contributed by atoms with Crippen LogP contribution in [0.5, 0.6) is 0 Å². The van der Waals surface area contributed by atoms with Gasteiger partial charge in [0.2, 0.25) is 0 Å². The van der Waals surface area contributed by atoms with Gasteiger partial charge in [-0.15, -0.1) is 0 Å². The number of hydrogen-bond donors (Lipinski definition) is 7. The molecule has 0 radical (unpaired) electrons. The highest BCUT2D eigenvalue weighted by atomic mass is 16.6. The molecule has 0 spiro atoms. The molecule has 0 bridgehead atoms. The fraction of sp³-hybridized carbons (Fsp3) is 0.636. The molecule has 1 aliphatic heterocycles. The molecule has 2 rings (SSSR count). The van der Waals surface area contributed by atoms with Gasteiger partial charge in [0.05, 0.1) is 6.61 Å². The Hall–Kier alpha value is -1.60. The molecule has 0 aromatic carbocycles. The van der Waals surface area contributed by atoms with Crippen molar-refractivity contribution in [2.75, 3.05) is 11.9 Å². The lowest BCUT2D eigenvalue weighted by molar-refractivity contribution is -0.269. The second-order valence-corrected chi connectivity index (χ2v) is 4.93. The third kappa shape index (κ3) is 2.96. The zero-order chi connectivity index (χ0) is 16.5. The molecule has 124 valence electrons.